The van der Waals surface area contributed by atoms with Crippen molar-refractivity contribution >= 4 is 35.8 Å². The molecule has 0 atom stereocenters. The summed E-state index contributed by atoms with van der Waals surface area (Å²) in [5.41, 5.74) is 0. The van der Waals surface area contributed by atoms with Crippen molar-refractivity contribution in [2.24, 2.45) is 0 Å². The fourth-order valence-corrected chi connectivity index (χ4v) is 0.408. The first-order valence-electron chi connectivity index (χ1n) is 5.18. The second-order valence-corrected chi connectivity index (χ2v) is 2.91. The van der Waals surface area contributed by atoms with Crippen LogP contribution in [-0.4, -0.2) is 35.8 Å². The van der Waals surface area contributed by atoms with Crippen LogP contribution in [0.4, 0.5) is 0 Å². The van der Waals surface area contributed by atoms with Gasteiger partial charge in [0, 0.05) is 0 Å². The van der Waals surface area contributed by atoms with Crippen LogP contribution in [0.15, 0.2) is 36.5 Å². The molecule has 0 amide bonds. The van der Waals surface area contributed by atoms with Crippen molar-refractivity contribution in [3.05, 3.63) is 36.5 Å². The zero-order chi connectivity index (χ0) is 19.7. The van der Waals surface area contributed by atoms with Crippen LogP contribution < -0.4 is 30.6 Å². The van der Waals surface area contributed by atoms with Gasteiger partial charge in [0.15, 0.2) is 0 Å². The molecule has 152 valence electrons. The Hall–Kier alpha value is -1.49. The number of carboxylic acids is 6. The molecule has 0 saturated carbocycles. The second kappa shape index (κ2) is 23.5. The van der Waals surface area contributed by atoms with E-state index >= 15 is 0 Å². The summed E-state index contributed by atoms with van der Waals surface area (Å²) in [4.78, 5) is 56.5. The summed E-state index contributed by atoms with van der Waals surface area (Å²) in [6, 6.07) is 0. The largest absolute Gasteiger partial charge is 3.00 e. The Labute approximate surface area is 203 Å². The van der Waals surface area contributed by atoms with Crippen molar-refractivity contribution in [3.8, 4) is 0 Å². The van der Waals surface area contributed by atoms with Crippen LogP contribution in [0.3, 0.4) is 0 Å². The van der Waals surface area contributed by atoms with E-state index in [9.17, 15) is 59.4 Å². The van der Waals surface area contributed by atoms with Crippen LogP contribution in [0.1, 0.15) is 0 Å². The SMILES string of the molecule is O=C([O-])/C=C\C(=O)[O-].O=C([O-])/C=C\C(=O)[O-].O=C([O-])/C=C\C(=O)[O-].[Tm+3].[Tm+3]. The second-order valence-electron chi connectivity index (χ2n) is 2.91. The van der Waals surface area contributed by atoms with Gasteiger partial charge in [0.25, 0.3) is 0 Å². The Kier molecular flexibility index (Phi) is 32.2. The predicted octanol–water partition coefficient (Wildman–Crippen LogP) is -8.87. The van der Waals surface area contributed by atoms with Crippen molar-refractivity contribution in [2.75, 3.05) is 0 Å². The number of carbonyl (C=O) groups excluding carboxylic acids is 6. The third-order valence-electron chi connectivity index (χ3n) is 1.07. The molecule has 0 aliphatic heterocycles. The van der Waals surface area contributed by atoms with Gasteiger partial charge in [-0.15, -0.1) is 0 Å². The van der Waals surface area contributed by atoms with E-state index in [1.165, 1.54) is 0 Å². The Morgan fingerprint density at radius 2 is 0.423 bits per heavy atom. The van der Waals surface area contributed by atoms with Gasteiger partial charge >= 0.3 is 73.7 Å². The minimum absolute atomic E-state index is 0. The molecule has 0 aromatic heterocycles. The van der Waals surface area contributed by atoms with E-state index in [2.05, 4.69) is 0 Å². The maximum atomic E-state index is 9.41. The molecule has 0 saturated heterocycles. The number of rotatable bonds is 6. The van der Waals surface area contributed by atoms with Crippen molar-refractivity contribution in [1.82, 2.24) is 0 Å². The van der Waals surface area contributed by atoms with E-state index in [4.69, 9.17) is 0 Å². The molecule has 0 aromatic rings. The Balaban J connectivity index is -0.0000000817. The summed E-state index contributed by atoms with van der Waals surface area (Å²) in [5.74, 6) is -9.28. The molecule has 14 heteroatoms. The standard InChI is InChI=1S/3C4H4O4.2Tm/c3*5-3(6)1-2-4(7)8;;/h3*1-2H,(H,5,6)(H,7,8);;/q;;;2*+3/p-6/b3*2-1-;;. The van der Waals surface area contributed by atoms with E-state index in [1.807, 2.05) is 0 Å². The smallest absolute Gasteiger partial charge is 0.545 e. The Morgan fingerprint density at radius 1 is 0.346 bits per heavy atom. The van der Waals surface area contributed by atoms with Gasteiger partial charge in [-0.25, -0.2) is 0 Å². The number of hydrogen-bond donors (Lipinski definition) is 0. The number of carbonyl (C=O) groups is 6. The minimum Gasteiger partial charge on any atom is -0.545 e. The normalized spacial score (nSPS) is 8.77. The van der Waals surface area contributed by atoms with Gasteiger partial charge in [-0.1, -0.05) is 0 Å². The van der Waals surface area contributed by atoms with E-state index < -0.39 is 35.8 Å². The molecule has 0 aliphatic carbocycles. The molecule has 0 fully saturated rings. The maximum Gasteiger partial charge on any atom is 3.00 e. The van der Waals surface area contributed by atoms with Crippen LogP contribution in [0, 0.1) is 73.7 Å². The van der Waals surface area contributed by atoms with Gasteiger partial charge in [-0.3, -0.25) is 0 Å². The van der Waals surface area contributed by atoms with Crippen LogP contribution in [0.2, 0.25) is 0 Å². The van der Waals surface area contributed by atoms with Gasteiger partial charge < -0.3 is 59.4 Å². The first kappa shape index (κ1) is 35.6. The number of hydrogen-bond acceptors (Lipinski definition) is 12. The molecular weight excluding hydrogens is 674 g/mol. The Morgan fingerprint density at radius 3 is 0.462 bits per heavy atom. The zero-order valence-corrected chi connectivity index (χ0v) is 15.5. The van der Waals surface area contributed by atoms with Gasteiger partial charge in [0.1, 0.15) is 0 Å². The van der Waals surface area contributed by atoms with E-state index in [0.717, 1.165) is 0 Å². The molecule has 0 spiro atoms. The van der Waals surface area contributed by atoms with Crippen LogP contribution >= 0.6 is 0 Å². The monoisotopic (exact) mass is 680 g/mol. The maximum absolute atomic E-state index is 9.41. The van der Waals surface area contributed by atoms with Crippen LogP contribution in [0.5, 0.6) is 0 Å². The molecule has 26 heavy (non-hydrogen) atoms. The van der Waals surface area contributed by atoms with Gasteiger partial charge in [0.05, 0.1) is 35.8 Å². The average molecular weight is 680 g/mol. The zero-order valence-electron chi connectivity index (χ0n) is 11.9. The van der Waals surface area contributed by atoms with Crippen LogP contribution in [0.25, 0.3) is 0 Å². The third kappa shape index (κ3) is 57.1. The number of carboxylic acid groups (broad SMARTS) is 6. The molecule has 0 radical (unpaired) electrons. The first-order valence-corrected chi connectivity index (χ1v) is 5.18. The molecule has 0 aliphatic rings. The molecule has 0 bridgehead atoms. The average Bonchev–Trinajstić information content (AvgIpc) is 2.42. The summed E-state index contributed by atoms with van der Waals surface area (Å²) in [7, 11) is 0. The van der Waals surface area contributed by atoms with Gasteiger partial charge in [-0.2, -0.15) is 0 Å². The van der Waals surface area contributed by atoms with E-state index in [-0.39, 0.29) is 73.7 Å². The first-order chi connectivity index (χ1) is 10.9. The van der Waals surface area contributed by atoms with E-state index in [1.54, 1.807) is 0 Å². The van der Waals surface area contributed by atoms with Crippen molar-refractivity contribution in [1.29, 1.82) is 0 Å². The minimum atomic E-state index is -1.55. The van der Waals surface area contributed by atoms with Gasteiger partial charge in [0.2, 0.25) is 0 Å². The van der Waals surface area contributed by atoms with Crippen molar-refractivity contribution in [3.63, 3.8) is 0 Å². The molecule has 12 nitrogen and oxygen atoms in total. The molecular formula is C12H6O12Tm2. The summed E-state index contributed by atoms with van der Waals surface area (Å²) in [6.07, 6.45) is 2.31. The molecule has 0 unspecified atom stereocenters. The molecule has 0 N–H and O–H groups in total. The third-order valence-corrected chi connectivity index (χ3v) is 1.07. The summed E-state index contributed by atoms with van der Waals surface area (Å²) in [6.45, 7) is 0. The summed E-state index contributed by atoms with van der Waals surface area (Å²) < 4.78 is 0. The van der Waals surface area contributed by atoms with Crippen LogP contribution in [-0.2, 0) is 28.8 Å². The fraction of sp³-hybridized carbons (Fsp3) is 0. The van der Waals surface area contributed by atoms with E-state index in [0.29, 0.717) is 36.5 Å². The fourth-order valence-electron chi connectivity index (χ4n) is 0.408. The summed E-state index contributed by atoms with van der Waals surface area (Å²) >= 11 is 0. The quantitative estimate of drug-likeness (QED) is 0.238. The molecule has 0 heterocycles. The number of aliphatic carboxylic acids is 6. The predicted molar refractivity (Wildman–Crippen MR) is 57.5 cm³/mol. The van der Waals surface area contributed by atoms with Crippen molar-refractivity contribution in [2.45, 2.75) is 0 Å². The topological polar surface area (TPSA) is 241 Å². The summed E-state index contributed by atoms with van der Waals surface area (Å²) in [5, 5.41) is 56.5. The Bertz CT molecular complexity index is 448. The van der Waals surface area contributed by atoms with Gasteiger partial charge in [-0.05, 0) is 36.5 Å². The van der Waals surface area contributed by atoms with Crippen molar-refractivity contribution < 1.29 is 133 Å². The molecule has 0 rings (SSSR count). The molecule has 0 aromatic carbocycles.